The molecule has 1 aliphatic heterocycles. The highest BCUT2D eigenvalue weighted by molar-refractivity contribution is 9.10. The largest absolute Gasteiger partial charge is 0.475 e. The zero-order chi connectivity index (χ0) is 14.2. The van der Waals surface area contributed by atoms with Gasteiger partial charge in [-0.15, -0.1) is 0 Å². The van der Waals surface area contributed by atoms with Gasteiger partial charge in [0.15, 0.2) is 11.5 Å². The van der Waals surface area contributed by atoms with Gasteiger partial charge in [0, 0.05) is 5.56 Å². The van der Waals surface area contributed by atoms with E-state index in [-0.39, 0.29) is 12.7 Å². The molecule has 0 amide bonds. The first-order chi connectivity index (χ1) is 8.93. The fraction of sp³-hybridized carbons (Fsp3) is 0.385. The van der Waals surface area contributed by atoms with Gasteiger partial charge in [0.25, 0.3) is 0 Å². The number of Topliss-reactive ketones (excluding diaryl/α,β-unsaturated/α-hetero) is 1. The molecule has 0 bridgehead atoms. The maximum absolute atomic E-state index is 11.9. The van der Waals surface area contributed by atoms with Crippen molar-refractivity contribution in [2.75, 3.05) is 6.79 Å². The number of carbonyl (C=O) groups excluding carboxylic acids is 1. The summed E-state index contributed by atoms with van der Waals surface area (Å²) in [6.45, 7) is 3.67. The molecule has 1 aromatic rings. The van der Waals surface area contributed by atoms with Crippen LogP contribution in [0.1, 0.15) is 25.3 Å². The molecule has 1 N–H and O–H groups in total. The number of fused-ring (bicyclic) bond motifs is 1. The van der Waals surface area contributed by atoms with Crippen LogP contribution in [0.25, 0.3) is 0 Å². The van der Waals surface area contributed by atoms with E-state index in [1.165, 1.54) is 0 Å². The van der Waals surface area contributed by atoms with E-state index in [2.05, 4.69) is 15.9 Å². The van der Waals surface area contributed by atoms with Gasteiger partial charge in [-0.2, -0.15) is 0 Å². The van der Waals surface area contributed by atoms with Crippen molar-refractivity contribution in [3.63, 3.8) is 0 Å². The van der Waals surface area contributed by atoms with E-state index in [0.29, 0.717) is 21.5 Å². The van der Waals surface area contributed by atoms with E-state index in [1.807, 2.05) is 0 Å². The van der Waals surface area contributed by atoms with Crippen molar-refractivity contribution in [1.29, 1.82) is 0 Å². The molecular weight excluding hydrogens is 316 g/mol. The molecule has 5 nitrogen and oxygen atoms in total. The Morgan fingerprint density at radius 1 is 1.26 bits per heavy atom. The van der Waals surface area contributed by atoms with Gasteiger partial charge in [-0.1, -0.05) is 19.9 Å². The maximum atomic E-state index is 11.9. The maximum Gasteiger partial charge on any atom is 0.372 e. The molecule has 0 spiro atoms. The zero-order valence-electron chi connectivity index (χ0n) is 10.5. The van der Waals surface area contributed by atoms with E-state index in [0.717, 1.165) is 0 Å². The second kappa shape index (κ2) is 5.21. The number of carbonyl (C=O) groups is 2. The van der Waals surface area contributed by atoms with E-state index in [1.54, 1.807) is 26.0 Å². The van der Waals surface area contributed by atoms with Gasteiger partial charge >= 0.3 is 5.97 Å². The Kier molecular flexibility index (Phi) is 3.80. The number of rotatable bonds is 4. The van der Waals surface area contributed by atoms with Crippen molar-refractivity contribution in [1.82, 2.24) is 0 Å². The predicted octanol–water partition coefficient (Wildman–Crippen LogP) is 2.57. The number of ketones is 1. The van der Waals surface area contributed by atoms with Crippen molar-refractivity contribution in [2.45, 2.75) is 19.8 Å². The van der Waals surface area contributed by atoms with Crippen molar-refractivity contribution < 1.29 is 24.2 Å². The third kappa shape index (κ3) is 2.45. The number of ether oxygens (including phenoxy) is 2. The van der Waals surface area contributed by atoms with Gasteiger partial charge in [-0.25, -0.2) is 4.79 Å². The lowest BCUT2D eigenvalue weighted by Crippen LogP contribution is -2.25. The molecule has 102 valence electrons. The molecule has 1 atom stereocenters. The summed E-state index contributed by atoms with van der Waals surface area (Å²) in [5.41, 5.74) is 0.554. The molecule has 6 heteroatoms. The standard InChI is InChI=1S/C13H13BrO5/c1-6(2)9(10(15)13(16)17)7-3-4-8(14)12-11(7)18-5-19-12/h3-4,6,9H,5H2,1-2H3,(H,16,17). The zero-order valence-corrected chi connectivity index (χ0v) is 12.1. The number of carboxylic acids is 1. The quantitative estimate of drug-likeness (QED) is 0.860. The van der Waals surface area contributed by atoms with Gasteiger partial charge in [0.1, 0.15) is 0 Å². The Hall–Kier alpha value is -1.56. The molecule has 0 aliphatic carbocycles. The van der Waals surface area contributed by atoms with Crippen LogP contribution in [-0.2, 0) is 9.59 Å². The van der Waals surface area contributed by atoms with E-state index in [4.69, 9.17) is 14.6 Å². The van der Waals surface area contributed by atoms with Crippen molar-refractivity contribution in [3.05, 3.63) is 22.2 Å². The molecule has 1 heterocycles. The fourth-order valence-corrected chi connectivity index (χ4v) is 2.59. The summed E-state index contributed by atoms with van der Waals surface area (Å²) >= 11 is 3.33. The van der Waals surface area contributed by atoms with Crippen LogP contribution in [0.15, 0.2) is 16.6 Å². The Labute approximate surface area is 118 Å². The first kappa shape index (κ1) is 13.9. The van der Waals surface area contributed by atoms with Crippen LogP contribution in [-0.4, -0.2) is 23.7 Å². The molecule has 2 rings (SSSR count). The highest BCUT2D eigenvalue weighted by atomic mass is 79.9. The summed E-state index contributed by atoms with van der Waals surface area (Å²) in [6, 6.07) is 3.43. The highest BCUT2D eigenvalue weighted by Crippen LogP contribution is 2.45. The van der Waals surface area contributed by atoms with Crippen molar-refractivity contribution in [3.8, 4) is 11.5 Å². The van der Waals surface area contributed by atoms with Gasteiger partial charge < -0.3 is 14.6 Å². The molecule has 0 saturated heterocycles. The number of benzene rings is 1. The molecule has 19 heavy (non-hydrogen) atoms. The second-order valence-corrected chi connectivity index (χ2v) is 5.45. The minimum Gasteiger partial charge on any atom is -0.475 e. The average molecular weight is 329 g/mol. The SMILES string of the molecule is CC(C)C(C(=O)C(=O)O)c1ccc(Br)c2c1OCO2. The van der Waals surface area contributed by atoms with E-state index in [9.17, 15) is 9.59 Å². The molecule has 1 unspecified atom stereocenters. The van der Waals surface area contributed by atoms with Gasteiger partial charge in [0.2, 0.25) is 12.6 Å². The van der Waals surface area contributed by atoms with Crippen molar-refractivity contribution in [2.24, 2.45) is 5.92 Å². The van der Waals surface area contributed by atoms with Crippen LogP contribution in [0.5, 0.6) is 11.5 Å². The Balaban J connectivity index is 2.53. The number of hydrogen-bond acceptors (Lipinski definition) is 4. The second-order valence-electron chi connectivity index (χ2n) is 4.59. The third-order valence-electron chi connectivity index (χ3n) is 3.00. The lowest BCUT2D eigenvalue weighted by atomic mass is 9.84. The van der Waals surface area contributed by atoms with Crippen LogP contribution in [0.2, 0.25) is 0 Å². The summed E-state index contributed by atoms with van der Waals surface area (Å²) in [4.78, 5) is 22.8. The summed E-state index contributed by atoms with van der Waals surface area (Å²) < 4.78 is 11.4. The fourth-order valence-electron chi connectivity index (χ4n) is 2.17. The predicted molar refractivity (Wildman–Crippen MR) is 70.5 cm³/mol. The molecule has 0 fully saturated rings. The number of aliphatic carboxylic acids is 1. The average Bonchev–Trinajstić information content (AvgIpc) is 2.81. The number of halogens is 1. The Morgan fingerprint density at radius 3 is 2.47 bits per heavy atom. The lowest BCUT2D eigenvalue weighted by Gasteiger charge is -2.19. The lowest BCUT2D eigenvalue weighted by molar-refractivity contribution is -0.150. The van der Waals surface area contributed by atoms with Gasteiger partial charge in [0.05, 0.1) is 10.4 Å². The Bertz CT molecular complexity index is 538. The summed E-state index contributed by atoms with van der Waals surface area (Å²) in [6.07, 6.45) is 0. The minimum absolute atomic E-state index is 0.0665. The first-order valence-electron chi connectivity index (χ1n) is 5.78. The topological polar surface area (TPSA) is 72.8 Å². The van der Waals surface area contributed by atoms with Crippen LogP contribution in [0.4, 0.5) is 0 Å². The molecule has 1 aromatic carbocycles. The van der Waals surface area contributed by atoms with Crippen LogP contribution >= 0.6 is 15.9 Å². The van der Waals surface area contributed by atoms with Crippen molar-refractivity contribution >= 4 is 27.7 Å². The van der Waals surface area contributed by atoms with Crippen LogP contribution in [0, 0.1) is 5.92 Å². The molecular formula is C13H13BrO5. The summed E-state index contributed by atoms with van der Waals surface area (Å²) in [5, 5.41) is 8.93. The minimum atomic E-state index is -1.44. The third-order valence-corrected chi connectivity index (χ3v) is 3.62. The molecule has 0 aromatic heterocycles. The normalized spacial score (nSPS) is 14.5. The monoisotopic (exact) mass is 328 g/mol. The molecule has 0 saturated carbocycles. The smallest absolute Gasteiger partial charge is 0.372 e. The number of carboxylic acid groups (broad SMARTS) is 1. The highest BCUT2D eigenvalue weighted by Gasteiger charge is 2.34. The van der Waals surface area contributed by atoms with E-state index >= 15 is 0 Å². The molecule has 0 radical (unpaired) electrons. The molecule has 1 aliphatic rings. The Morgan fingerprint density at radius 2 is 1.89 bits per heavy atom. The van der Waals surface area contributed by atoms with Gasteiger partial charge in [-0.05, 0) is 27.9 Å². The van der Waals surface area contributed by atoms with E-state index < -0.39 is 17.7 Å². The van der Waals surface area contributed by atoms with Gasteiger partial charge in [-0.3, -0.25) is 4.79 Å². The number of hydrogen-bond donors (Lipinski definition) is 1. The summed E-state index contributed by atoms with van der Waals surface area (Å²) in [7, 11) is 0. The summed E-state index contributed by atoms with van der Waals surface area (Å²) in [5.74, 6) is -2.22. The van der Waals surface area contributed by atoms with Crippen LogP contribution in [0.3, 0.4) is 0 Å². The first-order valence-corrected chi connectivity index (χ1v) is 6.58. The van der Waals surface area contributed by atoms with Crippen LogP contribution < -0.4 is 9.47 Å².